The first-order chi connectivity index (χ1) is 18.0. The zero-order chi connectivity index (χ0) is 30.6. The molecule has 5 heteroatoms. The number of carbonyl (C=O) groups is 1. The van der Waals surface area contributed by atoms with Gasteiger partial charge in [-0.05, 0) is 76.8 Å². The number of ketones is 1. The average Bonchev–Trinajstić information content (AvgIpc) is 2.91. The molecule has 38 heavy (non-hydrogen) atoms. The van der Waals surface area contributed by atoms with Crippen molar-refractivity contribution in [2.75, 3.05) is 34.9 Å². The Hall–Kier alpha value is -2.55. The van der Waals surface area contributed by atoms with Gasteiger partial charge in [-0.1, -0.05) is 58.4 Å². The van der Waals surface area contributed by atoms with E-state index in [2.05, 4.69) is 87.0 Å². The number of Topliss-reactive ketones (excluding diaryl/α,β-unsaturated/α-hetero) is 1. The summed E-state index contributed by atoms with van der Waals surface area (Å²) in [6, 6.07) is 8.21. The molecule has 0 radical (unpaired) electrons. The van der Waals surface area contributed by atoms with Crippen molar-refractivity contribution in [1.29, 1.82) is 0 Å². The fourth-order valence-electron chi connectivity index (χ4n) is 3.02. The molecule has 0 aromatic heterocycles. The van der Waals surface area contributed by atoms with Crippen molar-refractivity contribution in [2.24, 2.45) is 0 Å². The topological polar surface area (TPSA) is 50.8 Å². The fraction of sp³-hybridized carbons (Fsp3) is 0.606. The van der Waals surface area contributed by atoms with Gasteiger partial charge in [0.25, 0.3) is 0 Å². The summed E-state index contributed by atoms with van der Waals surface area (Å²) in [6.07, 6.45) is 16.2. The van der Waals surface area contributed by atoms with Gasteiger partial charge in [-0.15, -0.1) is 12.8 Å². The van der Waals surface area contributed by atoms with Crippen LogP contribution in [0.5, 0.6) is 5.75 Å². The molecular formula is C33H60N2O3. The van der Waals surface area contributed by atoms with E-state index in [1.165, 1.54) is 16.7 Å². The molecule has 0 aliphatic carbocycles. The van der Waals surface area contributed by atoms with Crippen LogP contribution in [-0.4, -0.2) is 51.1 Å². The minimum absolute atomic E-state index is 0.318. The third kappa shape index (κ3) is 25.1. The summed E-state index contributed by atoms with van der Waals surface area (Å²) in [5.41, 5.74) is 3.65. The molecule has 1 N–H and O–H groups in total. The van der Waals surface area contributed by atoms with E-state index in [1.54, 1.807) is 21.3 Å². The summed E-state index contributed by atoms with van der Waals surface area (Å²) in [6.45, 7) is 20.4. The number of hydrogen-bond acceptors (Lipinski definition) is 5. The first-order valence-electron chi connectivity index (χ1n) is 13.7. The van der Waals surface area contributed by atoms with Gasteiger partial charge < -0.3 is 19.7 Å². The third-order valence-corrected chi connectivity index (χ3v) is 5.04. The Morgan fingerprint density at radius 3 is 1.89 bits per heavy atom. The van der Waals surface area contributed by atoms with Crippen LogP contribution in [0.2, 0.25) is 0 Å². The van der Waals surface area contributed by atoms with Gasteiger partial charge in [0.05, 0.1) is 12.6 Å². The highest BCUT2D eigenvalue weighted by Crippen LogP contribution is 2.13. The van der Waals surface area contributed by atoms with Crippen LogP contribution in [0.1, 0.15) is 93.6 Å². The van der Waals surface area contributed by atoms with Crippen molar-refractivity contribution < 1.29 is 14.3 Å². The Kier molecular flexibility index (Phi) is 32.5. The van der Waals surface area contributed by atoms with E-state index in [-0.39, 0.29) is 5.54 Å². The van der Waals surface area contributed by atoms with Crippen LogP contribution in [0.4, 0.5) is 0 Å². The number of nitrogens with one attached hydrogen (secondary N) is 1. The summed E-state index contributed by atoms with van der Waals surface area (Å²) in [4.78, 5) is 13.7. The molecule has 0 bridgehead atoms. The van der Waals surface area contributed by atoms with Gasteiger partial charge >= 0.3 is 0 Å². The number of nitrogens with zero attached hydrogens (tertiary/aromatic N) is 1. The zero-order valence-corrected chi connectivity index (χ0v) is 27.0. The van der Waals surface area contributed by atoms with E-state index in [9.17, 15) is 4.79 Å². The molecule has 0 saturated heterocycles. The Morgan fingerprint density at radius 2 is 1.50 bits per heavy atom. The first kappa shape index (κ1) is 42.5. The molecule has 1 aromatic carbocycles. The van der Waals surface area contributed by atoms with E-state index in [0.29, 0.717) is 12.2 Å². The molecule has 0 aliphatic heterocycles. The second-order valence-corrected chi connectivity index (χ2v) is 9.11. The molecule has 0 saturated carbocycles. The van der Waals surface area contributed by atoms with Crippen LogP contribution in [0.3, 0.4) is 0 Å². The van der Waals surface area contributed by atoms with Crippen molar-refractivity contribution >= 4 is 5.78 Å². The fourth-order valence-corrected chi connectivity index (χ4v) is 3.02. The molecule has 0 atom stereocenters. The zero-order valence-electron chi connectivity index (χ0n) is 27.0. The van der Waals surface area contributed by atoms with Crippen molar-refractivity contribution in [1.82, 2.24) is 10.2 Å². The smallest absolute Gasteiger partial charge is 0.152 e. The lowest BCUT2D eigenvalue weighted by molar-refractivity contribution is -0.124. The molecule has 0 fully saturated rings. The number of rotatable bonds is 12. The average molecular weight is 533 g/mol. The summed E-state index contributed by atoms with van der Waals surface area (Å²) < 4.78 is 9.41. The van der Waals surface area contributed by atoms with Crippen molar-refractivity contribution in [3.63, 3.8) is 0 Å². The lowest BCUT2D eigenvalue weighted by Gasteiger charge is -2.24. The van der Waals surface area contributed by atoms with Crippen LogP contribution in [0, 0.1) is 12.8 Å². The van der Waals surface area contributed by atoms with Crippen molar-refractivity contribution in [3.05, 3.63) is 53.3 Å². The van der Waals surface area contributed by atoms with E-state index in [4.69, 9.17) is 4.74 Å². The van der Waals surface area contributed by atoms with E-state index in [0.717, 1.165) is 38.1 Å². The SMILES string of the molecule is C#C.CC.CC/C(C)=C/C(C)=C\N(C)Cc1ccc(OC)cc1.CCCNC(C)(C)C(=O)CCC.COC. The molecular weight excluding hydrogens is 472 g/mol. The summed E-state index contributed by atoms with van der Waals surface area (Å²) >= 11 is 0. The van der Waals surface area contributed by atoms with E-state index >= 15 is 0 Å². The highest BCUT2D eigenvalue weighted by atomic mass is 16.5. The highest BCUT2D eigenvalue weighted by molar-refractivity contribution is 5.87. The quantitative estimate of drug-likeness (QED) is 0.218. The minimum atomic E-state index is -0.327. The van der Waals surface area contributed by atoms with Gasteiger partial charge in [-0.2, -0.15) is 0 Å². The second kappa shape index (κ2) is 29.0. The van der Waals surface area contributed by atoms with Gasteiger partial charge in [0.1, 0.15) is 5.75 Å². The number of hydrogen-bond donors (Lipinski definition) is 1. The molecule has 1 aromatic rings. The molecule has 0 heterocycles. The summed E-state index contributed by atoms with van der Waals surface area (Å²) in [7, 11) is 7.04. The van der Waals surface area contributed by atoms with Crippen molar-refractivity contribution in [3.8, 4) is 18.6 Å². The normalized spacial score (nSPS) is 10.6. The van der Waals surface area contributed by atoms with Gasteiger partial charge in [-0.3, -0.25) is 4.79 Å². The van der Waals surface area contributed by atoms with Crippen LogP contribution in [0.15, 0.2) is 47.7 Å². The van der Waals surface area contributed by atoms with Crippen LogP contribution in [-0.2, 0) is 16.1 Å². The number of carbonyl (C=O) groups excluding carboxylic acids is 1. The molecule has 0 amide bonds. The largest absolute Gasteiger partial charge is 0.497 e. The molecule has 5 nitrogen and oxygen atoms in total. The maximum absolute atomic E-state index is 11.5. The number of ether oxygens (including phenoxy) is 2. The highest BCUT2D eigenvalue weighted by Gasteiger charge is 2.24. The van der Waals surface area contributed by atoms with Gasteiger partial charge in [0, 0.05) is 40.4 Å². The first-order valence-corrected chi connectivity index (χ1v) is 13.7. The predicted octanol–water partition coefficient (Wildman–Crippen LogP) is 8.06. The number of terminal acetylenes is 1. The Morgan fingerprint density at radius 1 is 1.00 bits per heavy atom. The van der Waals surface area contributed by atoms with E-state index in [1.807, 2.05) is 46.8 Å². The van der Waals surface area contributed by atoms with Crippen LogP contribution >= 0.6 is 0 Å². The van der Waals surface area contributed by atoms with Crippen LogP contribution < -0.4 is 10.1 Å². The van der Waals surface area contributed by atoms with Crippen LogP contribution in [0.25, 0.3) is 0 Å². The maximum atomic E-state index is 11.5. The molecule has 0 spiro atoms. The second-order valence-electron chi connectivity index (χ2n) is 9.11. The number of benzene rings is 1. The van der Waals surface area contributed by atoms with Gasteiger partial charge in [0.15, 0.2) is 5.78 Å². The molecule has 0 aliphatic rings. The standard InChI is InChI=1S/C17H25NO.C10H21NO.C2H6O.C2H6.C2H2/c1-6-14(2)11-15(3)12-18(4)13-16-7-9-17(19-5)10-8-16;1-5-7-9(12)10(3,4)11-8-6-2;1-3-2;2*1-2/h7-12H,6,13H2,1-5H3;11H,5-8H2,1-4H3;1-2H3;1-2H3;1-2H/b14-11+,15-12-;;;;. The lowest BCUT2D eigenvalue weighted by Crippen LogP contribution is -2.46. The predicted molar refractivity (Wildman–Crippen MR) is 169 cm³/mol. The minimum Gasteiger partial charge on any atom is -0.497 e. The summed E-state index contributed by atoms with van der Waals surface area (Å²) in [5.74, 6) is 1.22. The van der Waals surface area contributed by atoms with Gasteiger partial charge in [0.2, 0.25) is 0 Å². The number of methoxy groups -OCH3 is 2. The lowest BCUT2D eigenvalue weighted by atomic mass is 9.95. The molecule has 1 rings (SSSR count). The van der Waals surface area contributed by atoms with E-state index < -0.39 is 0 Å². The van der Waals surface area contributed by atoms with Gasteiger partial charge in [-0.25, -0.2) is 0 Å². The Bertz CT molecular complexity index is 747. The Labute approximate surface area is 237 Å². The monoisotopic (exact) mass is 532 g/mol. The molecule has 0 unspecified atom stereocenters. The molecule has 220 valence electrons. The summed E-state index contributed by atoms with van der Waals surface area (Å²) in [5, 5.41) is 3.24. The van der Waals surface area contributed by atoms with Crippen molar-refractivity contribution in [2.45, 2.75) is 100 Å². The Balaban J connectivity index is -0.000000261. The third-order valence-electron chi connectivity index (χ3n) is 5.04. The number of allylic oxidation sites excluding steroid dienone is 3. The maximum Gasteiger partial charge on any atom is 0.152 e.